The number of anilines is 2. The van der Waals surface area contributed by atoms with E-state index in [0.717, 1.165) is 28.7 Å². The van der Waals surface area contributed by atoms with Crippen LogP contribution in [0.25, 0.3) is 0 Å². The molecule has 30 heavy (non-hydrogen) atoms. The van der Waals surface area contributed by atoms with Crippen LogP contribution >= 0.6 is 11.8 Å². The van der Waals surface area contributed by atoms with Crippen LogP contribution in [0.2, 0.25) is 0 Å². The number of imide groups is 1. The van der Waals surface area contributed by atoms with Crippen molar-refractivity contribution in [3.63, 3.8) is 0 Å². The molecular formula is C20H16N2O7S. The zero-order chi connectivity index (χ0) is 22.0. The fourth-order valence-corrected chi connectivity index (χ4v) is 3.93. The molecule has 0 radical (unpaired) electrons. The van der Waals surface area contributed by atoms with Crippen molar-refractivity contribution in [3.05, 3.63) is 59.2 Å². The van der Waals surface area contributed by atoms with Gasteiger partial charge >= 0.3 is 11.9 Å². The Kier molecular flexibility index (Phi) is 5.88. The summed E-state index contributed by atoms with van der Waals surface area (Å²) >= 11 is 0.709. The molecule has 1 aliphatic rings. The average Bonchev–Trinajstić information content (AvgIpc) is 2.95. The number of aromatic carboxylic acids is 2. The highest BCUT2D eigenvalue weighted by molar-refractivity contribution is 8.15. The van der Waals surface area contributed by atoms with Crippen LogP contribution in [0.1, 0.15) is 32.7 Å². The molecular weight excluding hydrogens is 412 g/mol. The maximum Gasteiger partial charge on any atom is 0.337 e. The predicted molar refractivity (Wildman–Crippen MR) is 109 cm³/mol. The number of carboxylic acids is 2. The zero-order valence-electron chi connectivity index (χ0n) is 15.6. The van der Waals surface area contributed by atoms with Crippen molar-refractivity contribution in [2.45, 2.75) is 18.6 Å². The molecule has 2 aromatic rings. The van der Waals surface area contributed by atoms with E-state index >= 15 is 0 Å². The molecule has 3 amide bonds. The van der Waals surface area contributed by atoms with E-state index in [-0.39, 0.29) is 23.2 Å². The lowest BCUT2D eigenvalue weighted by Gasteiger charge is -2.16. The SMILES string of the molecule is Cc1ccccc1N1C(=O)SC(CC(=O)Nc2cc(C(=O)O)ccc2C(=O)O)C1=O. The lowest BCUT2D eigenvalue weighted by atomic mass is 10.1. The summed E-state index contributed by atoms with van der Waals surface area (Å²) in [5, 5.41) is 19.2. The van der Waals surface area contributed by atoms with Gasteiger partial charge < -0.3 is 15.5 Å². The third-order valence-corrected chi connectivity index (χ3v) is 5.46. The van der Waals surface area contributed by atoms with Crippen LogP contribution in [0.5, 0.6) is 0 Å². The molecule has 1 heterocycles. The maximum absolute atomic E-state index is 12.7. The van der Waals surface area contributed by atoms with E-state index < -0.39 is 34.2 Å². The van der Waals surface area contributed by atoms with Crippen LogP contribution in [-0.2, 0) is 9.59 Å². The van der Waals surface area contributed by atoms with Crippen LogP contribution in [0.15, 0.2) is 42.5 Å². The highest BCUT2D eigenvalue weighted by Crippen LogP contribution is 2.35. The Bertz CT molecular complexity index is 1080. The summed E-state index contributed by atoms with van der Waals surface area (Å²) in [7, 11) is 0. The number of rotatable bonds is 6. The minimum atomic E-state index is -1.35. The molecule has 3 N–H and O–H groups in total. The number of carbonyl (C=O) groups excluding carboxylic acids is 3. The third-order valence-electron chi connectivity index (χ3n) is 4.42. The van der Waals surface area contributed by atoms with Gasteiger partial charge in [-0.3, -0.25) is 14.4 Å². The number of thioether (sulfide) groups is 1. The lowest BCUT2D eigenvalue weighted by Crippen LogP contribution is -2.33. The number of nitrogens with zero attached hydrogens (tertiary/aromatic N) is 1. The van der Waals surface area contributed by atoms with Crippen molar-refractivity contribution < 1.29 is 34.2 Å². The fraction of sp³-hybridized carbons (Fsp3) is 0.150. The molecule has 0 aliphatic carbocycles. The minimum absolute atomic E-state index is 0.204. The van der Waals surface area contributed by atoms with Gasteiger partial charge in [-0.05, 0) is 48.5 Å². The lowest BCUT2D eigenvalue weighted by molar-refractivity contribution is -0.121. The molecule has 154 valence electrons. The first-order valence-electron chi connectivity index (χ1n) is 8.69. The number of hydrogen-bond acceptors (Lipinski definition) is 6. The molecule has 0 saturated carbocycles. The first kappa shape index (κ1) is 21.1. The second-order valence-corrected chi connectivity index (χ2v) is 7.61. The van der Waals surface area contributed by atoms with E-state index in [1.54, 1.807) is 31.2 Å². The number of carboxylic acid groups (broad SMARTS) is 2. The summed E-state index contributed by atoms with van der Waals surface area (Å²) < 4.78 is 0. The molecule has 1 unspecified atom stereocenters. The van der Waals surface area contributed by atoms with Gasteiger partial charge in [0.05, 0.1) is 22.5 Å². The Morgan fingerprint density at radius 2 is 1.77 bits per heavy atom. The Morgan fingerprint density at radius 3 is 2.40 bits per heavy atom. The Morgan fingerprint density at radius 1 is 1.07 bits per heavy atom. The van der Waals surface area contributed by atoms with E-state index in [9.17, 15) is 29.1 Å². The van der Waals surface area contributed by atoms with E-state index in [2.05, 4.69) is 5.32 Å². The van der Waals surface area contributed by atoms with Gasteiger partial charge in [0, 0.05) is 6.42 Å². The smallest absolute Gasteiger partial charge is 0.337 e. The summed E-state index contributed by atoms with van der Waals surface area (Å²) in [4.78, 5) is 61.0. The number of carbonyl (C=O) groups is 5. The number of benzene rings is 2. The Balaban J connectivity index is 1.77. The van der Waals surface area contributed by atoms with Gasteiger partial charge in [-0.25, -0.2) is 14.5 Å². The molecule has 1 fully saturated rings. The summed E-state index contributed by atoms with van der Waals surface area (Å²) in [6, 6.07) is 10.0. The topological polar surface area (TPSA) is 141 Å². The maximum atomic E-state index is 12.7. The molecule has 9 nitrogen and oxygen atoms in total. The number of para-hydroxylation sites is 1. The second-order valence-electron chi connectivity index (χ2n) is 6.46. The quantitative estimate of drug-likeness (QED) is 0.638. The average molecular weight is 428 g/mol. The Labute approximate surface area is 174 Å². The molecule has 1 atom stereocenters. The summed E-state index contributed by atoms with van der Waals surface area (Å²) in [5.74, 6) is -3.91. The Hall–Kier alpha value is -3.66. The number of aryl methyl sites for hydroxylation is 1. The van der Waals surface area contributed by atoms with E-state index in [1.807, 2.05) is 0 Å². The fourth-order valence-electron chi connectivity index (χ4n) is 2.96. The number of amides is 3. The standard InChI is InChI=1S/C20H16N2O7S/c1-10-4-2-3-5-14(10)22-17(24)15(30-20(22)29)9-16(23)21-13-8-11(18(25)26)6-7-12(13)19(27)28/h2-8,15H,9H2,1H3,(H,21,23)(H,25,26)(H,27,28). The first-order chi connectivity index (χ1) is 14.2. The van der Waals surface area contributed by atoms with E-state index in [0.29, 0.717) is 17.4 Å². The van der Waals surface area contributed by atoms with Crippen molar-refractivity contribution in [2.24, 2.45) is 0 Å². The van der Waals surface area contributed by atoms with Crippen LogP contribution in [0.4, 0.5) is 16.2 Å². The second kappa shape index (κ2) is 8.37. The summed E-state index contributed by atoms with van der Waals surface area (Å²) in [5.41, 5.74) is 0.454. The largest absolute Gasteiger partial charge is 0.478 e. The number of nitrogens with one attached hydrogen (secondary N) is 1. The minimum Gasteiger partial charge on any atom is -0.478 e. The van der Waals surface area contributed by atoms with Crippen molar-refractivity contribution in [3.8, 4) is 0 Å². The van der Waals surface area contributed by atoms with Gasteiger partial charge in [-0.1, -0.05) is 18.2 Å². The van der Waals surface area contributed by atoms with Crippen LogP contribution in [0.3, 0.4) is 0 Å². The molecule has 1 saturated heterocycles. The molecule has 2 aromatic carbocycles. The normalized spacial score (nSPS) is 15.9. The van der Waals surface area contributed by atoms with Crippen LogP contribution < -0.4 is 10.2 Å². The van der Waals surface area contributed by atoms with Gasteiger partial charge in [0.1, 0.15) is 5.25 Å². The van der Waals surface area contributed by atoms with Crippen molar-refractivity contribution >= 4 is 52.1 Å². The summed E-state index contributed by atoms with van der Waals surface area (Å²) in [6.45, 7) is 1.75. The van der Waals surface area contributed by atoms with Gasteiger partial charge in [-0.15, -0.1) is 0 Å². The first-order valence-corrected chi connectivity index (χ1v) is 9.57. The highest BCUT2D eigenvalue weighted by atomic mass is 32.2. The van der Waals surface area contributed by atoms with E-state index in [4.69, 9.17) is 5.11 Å². The summed E-state index contributed by atoms with van der Waals surface area (Å²) in [6.07, 6.45) is -0.381. The molecule has 0 spiro atoms. The highest BCUT2D eigenvalue weighted by Gasteiger charge is 2.42. The van der Waals surface area contributed by atoms with Crippen LogP contribution in [0, 0.1) is 6.92 Å². The molecule has 1 aliphatic heterocycles. The molecule has 3 rings (SSSR count). The van der Waals surface area contributed by atoms with E-state index in [1.165, 1.54) is 0 Å². The van der Waals surface area contributed by atoms with Crippen molar-refractivity contribution in [1.82, 2.24) is 0 Å². The molecule has 0 aromatic heterocycles. The monoisotopic (exact) mass is 428 g/mol. The third kappa shape index (κ3) is 4.18. The van der Waals surface area contributed by atoms with Gasteiger partial charge in [0.2, 0.25) is 11.8 Å². The molecule has 10 heteroatoms. The molecule has 0 bridgehead atoms. The van der Waals surface area contributed by atoms with Crippen LogP contribution in [-0.4, -0.2) is 44.5 Å². The predicted octanol–water partition coefficient (Wildman–Crippen LogP) is 2.99. The number of hydrogen-bond donors (Lipinski definition) is 3. The zero-order valence-corrected chi connectivity index (χ0v) is 16.4. The van der Waals surface area contributed by atoms with Crippen molar-refractivity contribution in [2.75, 3.05) is 10.2 Å². The van der Waals surface area contributed by atoms with Gasteiger partial charge in [0.15, 0.2) is 0 Å². The van der Waals surface area contributed by atoms with Crippen molar-refractivity contribution in [1.29, 1.82) is 0 Å². The van der Waals surface area contributed by atoms with Gasteiger partial charge in [-0.2, -0.15) is 0 Å². The van der Waals surface area contributed by atoms with Gasteiger partial charge in [0.25, 0.3) is 5.24 Å².